The zero-order chi connectivity index (χ0) is 15.5. The predicted octanol–water partition coefficient (Wildman–Crippen LogP) is 7.01. The molecule has 2 aromatic carbocycles. The lowest BCUT2D eigenvalue weighted by Crippen LogP contribution is -1.87. The molecule has 0 fully saturated rings. The van der Waals surface area contributed by atoms with Crippen LogP contribution in [0.25, 0.3) is 0 Å². The second kappa shape index (κ2) is 9.88. The topological polar surface area (TPSA) is 24.7 Å². The lowest BCUT2D eigenvalue weighted by Gasteiger charge is -2.05. The van der Waals surface area contributed by atoms with Gasteiger partial charge in [-0.25, -0.2) is 0 Å². The molecule has 0 aromatic heterocycles. The minimum atomic E-state index is 0.900. The Labute approximate surface area is 134 Å². The van der Waals surface area contributed by atoms with Gasteiger partial charge in [-0.15, -0.1) is 0 Å². The van der Waals surface area contributed by atoms with Crippen LogP contribution in [0.4, 0.5) is 11.4 Å². The first kappa shape index (κ1) is 16.4. The SMILES string of the molecule is CCCCCCCCc1ccccc1N=Nc1ccccc1. The summed E-state index contributed by atoms with van der Waals surface area (Å²) in [5, 5.41) is 8.76. The molecule has 0 aliphatic rings. The number of benzene rings is 2. The lowest BCUT2D eigenvalue weighted by molar-refractivity contribution is 0.607. The molecule has 2 aromatic rings. The smallest absolute Gasteiger partial charge is 0.0889 e. The number of azo groups is 1. The van der Waals surface area contributed by atoms with E-state index in [9.17, 15) is 0 Å². The van der Waals surface area contributed by atoms with E-state index in [1.807, 2.05) is 36.4 Å². The highest BCUT2D eigenvalue weighted by Crippen LogP contribution is 2.24. The number of hydrogen-bond donors (Lipinski definition) is 0. The van der Waals surface area contributed by atoms with Crippen LogP contribution in [0.3, 0.4) is 0 Å². The number of rotatable bonds is 9. The number of unbranched alkanes of at least 4 members (excludes halogenated alkanes) is 5. The van der Waals surface area contributed by atoms with Crippen LogP contribution in [0.5, 0.6) is 0 Å². The molecule has 0 aliphatic heterocycles. The largest absolute Gasteiger partial charge is 0.151 e. The summed E-state index contributed by atoms with van der Waals surface area (Å²) in [7, 11) is 0. The molecular weight excluding hydrogens is 268 g/mol. The number of hydrogen-bond acceptors (Lipinski definition) is 2. The molecule has 0 bridgehead atoms. The molecule has 22 heavy (non-hydrogen) atoms. The fourth-order valence-electron chi connectivity index (χ4n) is 2.52. The average molecular weight is 294 g/mol. The van der Waals surface area contributed by atoms with E-state index < -0.39 is 0 Å². The van der Waals surface area contributed by atoms with E-state index in [-0.39, 0.29) is 0 Å². The number of aryl methyl sites for hydroxylation is 1. The van der Waals surface area contributed by atoms with Crippen LogP contribution < -0.4 is 0 Å². The highest BCUT2D eigenvalue weighted by Gasteiger charge is 2.01. The minimum absolute atomic E-state index is 0.900. The molecule has 116 valence electrons. The van der Waals surface area contributed by atoms with Crippen molar-refractivity contribution in [1.82, 2.24) is 0 Å². The van der Waals surface area contributed by atoms with Crippen molar-refractivity contribution < 1.29 is 0 Å². The zero-order valence-corrected chi connectivity index (χ0v) is 13.5. The molecule has 0 saturated carbocycles. The van der Waals surface area contributed by atoms with E-state index in [0.29, 0.717) is 0 Å². The Kier molecular flexibility index (Phi) is 7.37. The summed E-state index contributed by atoms with van der Waals surface area (Å²) < 4.78 is 0. The van der Waals surface area contributed by atoms with Crippen molar-refractivity contribution in [3.05, 3.63) is 60.2 Å². The van der Waals surface area contributed by atoms with Gasteiger partial charge < -0.3 is 0 Å². The molecule has 0 heterocycles. The van der Waals surface area contributed by atoms with Crippen molar-refractivity contribution >= 4 is 11.4 Å². The van der Waals surface area contributed by atoms with Crippen LogP contribution in [0, 0.1) is 0 Å². The van der Waals surface area contributed by atoms with Gasteiger partial charge in [-0.2, -0.15) is 10.2 Å². The zero-order valence-electron chi connectivity index (χ0n) is 13.5. The van der Waals surface area contributed by atoms with Gasteiger partial charge in [-0.1, -0.05) is 75.4 Å². The standard InChI is InChI=1S/C20H26N2/c1-2-3-4-5-6-8-13-18-14-11-12-17-20(18)22-21-19-15-9-7-10-16-19/h7,9-12,14-17H,2-6,8,13H2,1H3. The Morgan fingerprint density at radius 3 is 2.18 bits per heavy atom. The first-order chi connectivity index (χ1) is 10.9. The Balaban J connectivity index is 1.88. The van der Waals surface area contributed by atoms with Gasteiger partial charge in [0.2, 0.25) is 0 Å². The fourth-order valence-corrected chi connectivity index (χ4v) is 2.52. The summed E-state index contributed by atoms with van der Waals surface area (Å²) in [6, 6.07) is 18.3. The van der Waals surface area contributed by atoms with Crippen molar-refractivity contribution in [3.8, 4) is 0 Å². The van der Waals surface area contributed by atoms with Crippen molar-refractivity contribution in [2.45, 2.75) is 51.9 Å². The third-order valence-corrected chi connectivity index (χ3v) is 3.82. The summed E-state index contributed by atoms with van der Waals surface area (Å²) in [5.74, 6) is 0. The predicted molar refractivity (Wildman–Crippen MR) is 94.1 cm³/mol. The molecule has 2 heteroatoms. The summed E-state index contributed by atoms with van der Waals surface area (Å²) in [5.41, 5.74) is 3.20. The maximum absolute atomic E-state index is 4.43. The molecule has 0 saturated heterocycles. The summed E-state index contributed by atoms with van der Waals surface area (Å²) in [4.78, 5) is 0. The van der Waals surface area contributed by atoms with Gasteiger partial charge in [0.1, 0.15) is 0 Å². The Morgan fingerprint density at radius 1 is 0.682 bits per heavy atom. The van der Waals surface area contributed by atoms with Gasteiger partial charge in [0.25, 0.3) is 0 Å². The van der Waals surface area contributed by atoms with Crippen LogP contribution >= 0.6 is 0 Å². The van der Waals surface area contributed by atoms with E-state index in [1.54, 1.807) is 0 Å². The van der Waals surface area contributed by atoms with E-state index in [2.05, 4.69) is 35.4 Å². The summed E-state index contributed by atoms with van der Waals surface area (Å²) in [6.45, 7) is 2.26. The average Bonchev–Trinajstić information content (AvgIpc) is 2.58. The molecular formula is C20H26N2. The highest BCUT2D eigenvalue weighted by molar-refractivity contribution is 5.46. The maximum atomic E-state index is 4.43. The molecule has 0 unspecified atom stereocenters. The monoisotopic (exact) mass is 294 g/mol. The van der Waals surface area contributed by atoms with Gasteiger partial charge in [0.05, 0.1) is 11.4 Å². The van der Waals surface area contributed by atoms with E-state index in [4.69, 9.17) is 0 Å². The second-order valence-corrected chi connectivity index (χ2v) is 5.68. The molecule has 0 spiro atoms. The van der Waals surface area contributed by atoms with Crippen molar-refractivity contribution in [2.24, 2.45) is 10.2 Å². The van der Waals surface area contributed by atoms with E-state index in [1.165, 1.54) is 44.1 Å². The quantitative estimate of drug-likeness (QED) is 0.351. The minimum Gasteiger partial charge on any atom is -0.151 e. The van der Waals surface area contributed by atoms with Crippen molar-refractivity contribution in [2.75, 3.05) is 0 Å². The third kappa shape index (κ3) is 5.80. The molecule has 0 N–H and O–H groups in total. The van der Waals surface area contributed by atoms with Gasteiger partial charge in [0, 0.05) is 0 Å². The lowest BCUT2D eigenvalue weighted by atomic mass is 10.0. The van der Waals surface area contributed by atoms with Gasteiger partial charge in [-0.05, 0) is 36.6 Å². The Bertz CT molecular complexity index is 561. The number of nitrogens with zero attached hydrogens (tertiary/aromatic N) is 2. The maximum Gasteiger partial charge on any atom is 0.0889 e. The molecule has 2 nitrogen and oxygen atoms in total. The van der Waals surface area contributed by atoms with Gasteiger partial charge in [0.15, 0.2) is 0 Å². The Hall–Kier alpha value is -1.96. The van der Waals surface area contributed by atoms with Crippen LogP contribution in [0.1, 0.15) is 51.0 Å². The van der Waals surface area contributed by atoms with Crippen LogP contribution in [-0.4, -0.2) is 0 Å². The first-order valence-corrected chi connectivity index (χ1v) is 8.45. The molecule has 2 rings (SSSR count). The van der Waals surface area contributed by atoms with E-state index in [0.717, 1.165) is 17.8 Å². The molecule has 0 atom stereocenters. The third-order valence-electron chi connectivity index (χ3n) is 3.82. The first-order valence-electron chi connectivity index (χ1n) is 8.45. The van der Waals surface area contributed by atoms with Crippen molar-refractivity contribution in [1.29, 1.82) is 0 Å². The Morgan fingerprint density at radius 2 is 1.36 bits per heavy atom. The fraction of sp³-hybridized carbons (Fsp3) is 0.400. The van der Waals surface area contributed by atoms with Gasteiger partial charge in [-0.3, -0.25) is 0 Å². The van der Waals surface area contributed by atoms with Crippen LogP contribution in [0.2, 0.25) is 0 Å². The summed E-state index contributed by atoms with van der Waals surface area (Å²) >= 11 is 0. The van der Waals surface area contributed by atoms with Crippen LogP contribution in [0.15, 0.2) is 64.8 Å². The summed E-state index contributed by atoms with van der Waals surface area (Å²) in [6.07, 6.45) is 9.03. The molecule has 0 aliphatic carbocycles. The highest BCUT2D eigenvalue weighted by atomic mass is 15.1. The molecule has 0 radical (unpaired) electrons. The van der Waals surface area contributed by atoms with Gasteiger partial charge >= 0.3 is 0 Å². The second-order valence-electron chi connectivity index (χ2n) is 5.68. The van der Waals surface area contributed by atoms with E-state index >= 15 is 0 Å². The normalized spacial score (nSPS) is 11.1. The van der Waals surface area contributed by atoms with Crippen LogP contribution in [-0.2, 0) is 6.42 Å². The molecule has 0 amide bonds. The van der Waals surface area contributed by atoms with Crippen molar-refractivity contribution in [3.63, 3.8) is 0 Å².